The first-order chi connectivity index (χ1) is 5.98. The van der Waals surface area contributed by atoms with Crippen molar-refractivity contribution in [3.63, 3.8) is 0 Å². The standard InChI is InChI=1S/C7H13NO4S/c9-7-3-5-1-2-6(4-7)8(5)13(10,11)12/h5-7,9H,1-4H2,(H,10,11,12)/t5-,6+,7-. The van der Waals surface area contributed by atoms with Crippen LogP contribution in [0.25, 0.3) is 0 Å². The van der Waals surface area contributed by atoms with Crippen LogP contribution in [-0.4, -0.2) is 40.6 Å². The van der Waals surface area contributed by atoms with E-state index in [2.05, 4.69) is 0 Å². The van der Waals surface area contributed by atoms with E-state index in [0.717, 1.165) is 17.1 Å². The van der Waals surface area contributed by atoms with E-state index in [1.165, 1.54) is 0 Å². The van der Waals surface area contributed by atoms with Crippen LogP contribution >= 0.6 is 0 Å². The third kappa shape index (κ3) is 1.59. The minimum Gasteiger partial charge on any atom is -0.393 e. The SMILES string of the molecule is O=S(=O)(O)N1[C@@H]2CC[C@H]1C[C@H](O)C2. The van der Waals surface area contributed by atoms with Crippen LogP contribution in [0.5, 0.6) is 0 Å². The minimum absolute atomic E-state index is 0.191. The summed E-state index contributed by atoms with van der Waals surface area (Å²) in [5.74, 6) is 0. The molecule has 0 aromatic carbocycles. The molecule has 2 rings (SSSR count). The average molecular weight is 207 g/mol. The second-order valence-corrected chi connectivity index (χ2v) is 5.14. The molecule has 2 bridgehead atoms. The summed E-state index contributed by atoms with van der Waals surface area (Å²) in [5.41, 5.74) is 0. The number of aliphatic hydroxyl groups is 1. The van der Waals surface area contributed by atoms with Gasteiger partial charge < -0.3 is 5.11 Å². The smallest absolute Gasteiger partial charge is 0.336 e. The van der Waals surface area contributed by atoms with E-state index in [-0.39, 0.29) is 12.1 Å². The molecule has 0 spiro atoms. The highest BCUT2D eigenvalue weighted by Crippen LogP contribution is 2.37. The van der Waals surface area contributed by atoms with Crippen LogP contribution in [0.2, 0.25) is 0 Å². The Bertz CT molecular complexity index is 288. The highest BCUT2D eigenvalue weighted by Gasteiger charge is 2.45. The number of nitrogens with zero attached hydrogens (tertiary/aromatic N) is 1. The molecule has 0 amide bonds. The van der Waals surface area contributed by atoms with Gasteiger partial charge in [0.25, 0.3) is 0 Å². The normalized spacial score (nSPS) is 40.9. The molecule has 6 heteroatoms. The summed E-state index contributed by atoms with van der Waals surface area (Å²) in [4.78, 5) is 0. The monoisotopic (exact) mass is 207 g/mol. The maximum atomic E-state index is 11.0. The van der Waals surface area contributed by atoms with Gasteiger partial charge in [-0.2, -0.15) is 12.7 Å². The third-order valence-corrected chi connectivity index (χ3v) is 4.04. The van der Waals surface area contributed by atoms with Gasteiger partial charge in [0.1, 0.15) is 0 Å². The quantitative estimate of drug-likeness (QED) is 0.582. The van der Waals surface area contributed by atoms with Gasteiger partial charge in [0.05, 0.1) is 6.10 Å². The number of piperidine rings is 1. The summed E-state index contributed by atoms with van der Waals surface area (Å²) in [7, 11) is -4.06. The maximum Gasteiger partial charge on any atom is 0.336 e. The Labute approximate surface area is 77.2 Å². The summed E-state index contributed by atoms with van der Waals surface area (Å²) >= 11 is 0. The molecule has 2 aliphatic rings. The van der Waals surface area contributed by atoms with Gasteiger partial charge in [0.2, 0.25) is 0 Å². The molecule has 2 saturated heterocycles. The zero-order chi connectivity index (χ0) is 9.64. The van der Waals surface area contributed by atoms with Gasteiger partial charge in [-0.25, -0.2) is 0 Å². The Hall–Kier alpha value is -0.170. The number of hydrogen-bond acceptors (Lipinski definition) is 3. The highest BCUT2D eigenvalue weighted by atomic mass is 32.2. The van der Waals surface area contributed by atoms with Crippen LogP contribution in [0.1, 0.15) is 25.7 Å². The zero-order valence-electron chi connectivity index (χ0n) is 7.13. The average Bonchev–Trinajstić information content (AvgIpc) is 2.23. The van der Waals surface area contributed by atoms with Crippen LogP contribution in [-0.2, 0) is 10.3 Å². The number of hydrogen-bond donors (Lipinski definition) is 2. The van der Waals surface area contributed by atoms with Crippen molar-refractivity contribution < 1.29 is 18.1 Å². The van der Waals surface area contributed by atoms with Crippen LogP contribution in [0.3, 0.4) is 0 Å². The summed E-state index contributed by atoms with van der Waals surface area (Å²) in [6.07, 6.45) is 2.01. The van der Waals surface area contributed by atoms with Gasteiger partial charge in [0.15, 0.2) is 0 Å². The second kappa shape index (κ2) is 2.91. The lowest BCUT2D eigenvalue weighted by molar-refractivity contribution is 0.0728. The van der Waals surface area contributed by atoms with E-state index in [1.807, 2.05) is 0 Å². The zero-order valence-corrected chi connectivity index (χ0v) is 7.94. The van der Waals surface area contributed by atoms with Crippen LogP contribution < -0.4 is 0 Å². The molecular formula is C7H13NO4S. The molecule has 13 heavy (non-hydrogen) atoms. The van der Waals surface area contributed by atoms with E-state index in [4.69, 9.17) is 4.55 Å². The largest absolute Gasteiger partial charge is 0.393 e. The minimum atomic E-state index is -4.06. The molecule has 2 N–H and O–H groups in total. The van der Waals surface area contributed by atoms with E-state index in [0.29, 0.717) is 12.8 Å². The molecule has 0 aromatic heterocycles. The lowest BCUT2D eigenvalue weighted by atomic mass is 10.0. The summed E-state index contributed by atoms with van der Waals surface area (Å²) in [5, 5.41) is 9.37. The first-order valence-electron chi connectivity index (χ1n) is 4.42. The van der Waals surface area contributed by atoms with Crippen molar-refractivity contribution in [1.82, 2.24) is 4.31 Å². The molecule has 5 nitrogen and oxygen atoms in total. The van der Waals surface area contributed by atoms with Gasteiger partial charge in [-0.3, -0.25) is 4.55 Å². The molecule has 0 radical (unpaired) electrons. The van der Waals surface area contributed by atoms with Crippen molar-refractivity contribution in [2.24, 2.45) is 0 Å². The molecular weight excluding hydrogens is 194 g/mol. The van der Waals surface area contributed by atoms with Crippen LogP contribution in [0.4, 0.5) is 0 Å². The Morgan fingerprint density at radius 3 is 2.00 bits per heavy atom. The van der Waals surface area contributed by atoms with Crippen molar-refractivity contribution in [3.8, 4) is 0 Å². The topological polar surface area (TPSA) is 77.8 Å². The number of aliphatic hydroxyl groups excluding tert-OH is 1. The molecule has 0 aliphatic carbocycles. The van der Waals surface area contributed by atoms with Crippen molar-refractivity contribution >= 4 is 10.3 Å². The maximum absolute atomic E-state index is 11.0. The molecule has 0 unspecified atom stereocenters. The van der Waals surface area contributed by atoms with Crippen molar-refractivity contribution in [2.45, 2.75) is 43.9 Å². The van der Waals surface area contributed by atoms with Crippen LogP contribution in [0.15, 0.2) is 0 Å². The lowest BCUT2D eigenvalue weighted by Gasteiger charge is -2.33. The van der Waals surface area contributed by atoms with Gasteiger partial charge >= 0.3 is 10.3 Å². The van der Waals surface area contributed by atoms with Crippen molar-refractivity contribution in [1.29, 1.82) is 0 Å². The van der Waals surface area contributed by atoms with E-state index in [1.54, 1.807) is 0 Å². The number of rotatable bonds is 1. The van der Waals surface area contributed by atoms with Crippen LogP contribution in [0, 0.1) is 0 Å². The Morgan fingerprint density at radius 2 is 1.62 bits per heavy atom. The lowest BCUT2D eigenvalue weighted by Crippen LogP contribution is -2.47. The predicted octanol–water partition coefficient (Wildman–Crippen LogP) is -0.223. The van der Waals surface area contributed by atoms with Gasteiger partial charge in [-0.1, -0.05) is 0 Å². The molecule has 0 aromatic rings. The Balaban J connectivity index is 2.25. The fraction of sp³-hybridized carbons (Fsp3) is 1.00. The van der Waals surface area contributed by atoms with Crippen molar-refractivity contribution in [2.75, 3.05) is 0 Å². The Morgan fingerprint density at radius 1 is 1.15 bits per heavy atom. The number of fused-ring (bicyclic) bond motifs is 2. The molecule has 76 valence electrons. The molecule has 0 saturated carbocycles. The molecule has 2 aliphatic heterocycles. The first kappa shape index (κ1) is 9.39. The summed E-state index contributed by atoms with van der Waals surface area (Å²) < 4.78 is 32.0. The second-order valence-electron chi connectivity index (χ2n) is 3.82. The van der Waals surface area contributed by atoms with Gasteiger partial charge in [-0.15, -0.1) is 0 Å². The van der Waals surface area contributed by atoms with Crippen molar-refractivity contribution in [3.05, 3.63) is 0 Å². The fourth-order valence-corrected chi connectivity index (χ4v) is 3.62. The summed E-state index contributed by atoms with van der Waals surface area (Å²) in [6, 6.07) is -0.382. The van der Waals surface area contributed by atoms with E-state index >= 15 is 0 Å². The molecule has 3 atom stereocenters. The van der Waals surface area contributed by atoms with E-state index in [9.17, 15) is 13.5 Å². The molecule has 2 fully saturated rings. The molecule has 2 heterocycles. The third-order valence-electron chi connectivity index (χ3n) is 2.91. The predicted molar refractivity (Wildman–Crippen MR) is 45.4 cm³/mol. The first-order valence-corrected chi connectivity index (χ1v) is 5.82. The summed E-state index contributed by atoms with van der Waals surface area (Å²) in [6.45, 7) is 0. The fourth-order valence-electron chi connectivity index (χ4n) is 2.48. The van der Waals surface area contributed by atoms with Gasteiger partial charge in [-0.05, 0) is 25.7 Å². The Kier molecular flexibility index (Phi) is 2.10. The highest BCUT2D eigenvalue weighted by molar-refractivity contribution is 7.83. The van der Waals surface area contributed by atoms with E-state index < -0.39 is 16.4 Å². The van der Waals surface area contributed by atoms with Gasteiger partial charge in [0, 0.05) is 12.1 Å².